The molecule has 27 heavy (non-hydrogen) atoms. The maximum absolute atomic E-state index is 13.0. The molecule has 0 spiro atoms. The van der Waals surface area contributed by atoms with Crippen molar-refractivity contribution in [3.05, 3.63) is 0 Å². The van der Waals surface area contributed by atoms with E-state index < -0.39 is 0 Å². The molecule has 2 saturated heterocycles. The minimum absolute atomic E-state index is 0.00443. The molecule has 0 bridgehead atoms. The van der Waals surface area contributed by atoms with Gasteiger partial charge in [-0.2, -0.15) is 0 Å². The number of carbonyl (C=O) groups is 2. The standard InChI is InChI=1S/C21H36N4O2/c26-20(25(18-9-10-18)17-6-1-2-7-17)15-24-12-4-5-16(14-24)13-23-21(27)19-8-3-11-22-19/h16-19,22H,1-15H2,(H,23,27). The van der Waals surface area contributed by atoms with Gasteiger partial charge in [-0.25, -0.2) is 0 Å². The van der Waals surface area contributed by atoms with E-state index in [4.69, 9.17) is 0 Å². The lowest BCUT2D eigenvalue weighted by Crippen LogP contribution is -2.49. The Morgan fingerprint density at radius 3 is 2.44 bits per heavy atom. The lowest BCUT2D eigenvalue weighted by atomic mass is 9.97. The van der Waals surface area contributed by atoms with Crippen LogP contribution in [0.2, 0.25) is 0 Å². The Kier molecular flexibility index (Phi) is 6.33. The smallest absolute Gasteiger partial charge is 0.237 e. The zero-order valence-corrected chi connectivity index (χ0v) is 16.6. The van der Waals surface area contributed by atoms with Crippen LogP contribution in [0.25, 0.3) is 0 Å². The number of carbonyl (C=O) groups excluding carboxylic acids is 2. The van der Waals surface area contributed by atoms with E-state index in [0.717, 1.165) is 51.9 Å². The van der Waals surface area contributed by atoms with E-state index in [1.54, 1.807) is 0 Å². The van der Waals surface area contributed by atoms with Crippen molar-refractivity contribution in [2.45, 2.75) is 82.3 Å². The highest BCUT2D eigenvalue weighted by atomic mass is 16.2. The number of piperidine rings is 1. The van der Waals surface area contributed by atoms with Crippen LogP contribution in [0.4, 0.5) is 0 Å². The maximum Gasteiger partial charge on any atom is 0.237 e. The van der Waals surface area contributed by atoms with Crippen LogP contribution in [-0.4, -0.2) is 72.5 Å². The van der Waals surface area contributed by atoms with Crippen molar-refractivity contribution < 1.29 is 9.59 Å². The lowest BCUT2D eigenvalue weighted by Gasteiger charge is -2.36. The minimum Gasteiger partial charge on any atom is -0.354 e. The number of hydrogen-bond donors (Lipinski definition) is 2. The van der Waals surface area contributed by atoms with Gasteiger partial charge in [0.25, 0.3) is 0 Å². The molecule has 2 aliphatic heterocycles. The third kappa shape index (κ3) is 5.02. The Hall–Kier alpha value is -1.14. The second kappa shape index (κ2) is 8.91. The molecule has 2 atom stereocenters. The molecule has 6 heteroatoms. The van der Waals surface area contributed by atoms with E-state index in [1.165, 1.54) is 38.5 Å². The number of hydrogen-bond acceptors (Lipinski definition) is 4. The molecular formula is C21H36N4O2. The van der Waals surface area contributed by atoms with Gasteiger partial charge in [0.15, 0.2) is 0 Å². The SMILES string of the molecule is O=C(NCC1CCCN(CC(=O)N(C2CCCC2)C2CC2)C1)C1CCCN1. The Bertz CT molecular complexity index is 524. The summed E-state index contributed by atoms with van der Waals surface area (Å²) in [6.07, 6.45) is 11.7. The van der Waals surface area contributed by atoms with Crippen molar-refractivity contribution in [2.75, 3.05) is 32.7 Å². The zero-order valence-electron chi connectivity index (χ0n) is 16.6. The predicted molar refractivity (Wildman–Crippen MR) is 105 cm³/mol. The molecule has 2 heterocycles. The first-order chi connectivity index (χ1) is 13.2. The Balaban J connectivity index is 1.24. The molecule has 0 aromatic carbocycles. The maximum atomic E-state index is 13.0. The van der Waals surface area contributed by atoms with Crippen molar-refractivity contribution in [1.29, 1.82) is 0 Å². The second-order valence-corrected chi connectivity index (χ2v) is 9.11. The molecule has 2 saturated carbocycles. The van der Waals surface area contributed by atoms with Crippen molar-refractivity contribution >= 4 is 11.8 Å². The van der Waals surface area contributed by atoms with Gasteiger partial charge in [0.1, 0.15) is 0 Å². The van der Waals surface area contributed by atoms with Crippen LogP contribution in [0.15, 0.2) is 0 Å². The van der Waals surface area contributed by atoms with E-state index in [2.05, 4.69) is 20.4 Å². The first kappa shape index (κ1) is 19.2. The molecule has 2 aliphatic carbocycles. The molecule has 2 unspecified atom stereocenters. The number of nitrogens with zero attached hydrogens (tertiary/aromatic N) is 2. The number of rotatable bonds is 7. The largest absolute Gasteiger partial charge is 0.354 e. The van der Waals surface area contributed by atoms with Gasteiger partial charge in [0.05, 0.1) is 12.6 Å². The molecule has 4 rings (SSSR count). The molecule has 4 aliphatic rings. The van der Waals surface area contributed by atoms with Gasteiger partial charge < -0.3 is 15.5 Å². The Morgan fingerprint density at radius 2 is 1.74 bits per heavy atom. The Labute approximate surface area is 163 Å². The van der Waals surface area contributed by atoms with Gasteiger partial charge >= 0.3 is 0 Å². The highest BCUT2D eigenvalue weighted by Gasteiger charge is 2.39. The average molecular weight is 377 g/mol. The normalized spacial score (nSPS) is 29.8. The summed E-state index contributed by atoms with van der Waals surface area (Å²) in [4.78, 5) is 29.8. The summed E-state index contributed by atoms with van der Waals surface area (Å²) in [5, 5.41) is 6.40. The molecular weight excluding hydrogens is 340 g/mol. The first-order valence-corrected chi connectivity index (χ1v) is 11.3. The number of nitrogens with one attached hydrogen (secondary N) is 2. The molecule has 152 valence electrons. The third-order valence-corrected chi connectivity index (χ3v) is 6.85. The minimum atomic E-state index is 0.00443. The van der Waals surface area contributed by atoms with Crippen molar-refractivity contribution in [1.82, 2.24) is 20.4 Å². The van der Waals surface area contributed by atoms with Crippen LogP contribution in [0.3, 0.4) is 0 Å². The van der Waals surface area contributed by atoms with Crippen molar-refractivity contribution in [2.24, 2.45) is 5.92 Å². The molecule has 0 aromatic heterocycles. The molecule has 0 aromatic rings. The van der Waals surface area contributed by atoms with Gasteiger partial charge in [-0.15, -0.1) is 0 Å². The monoisotopic (exact) mass is 376 g/mol. The summed E-state index contributed by atoms with van der Waals surface area (Å²) in [5.74, 6) is 0.976. The van der Waals surface area contributed by atoms with Crippen LogP contribution in [0.1, 0.15) is 64.2 Å². The molecule has 6 nitrogen and oxygen atoms in total. The van der Waals surface area contributed by atoms with Gasteiger partial charge in [-0.1, -0.05) is 12.8 Å². The van der Waals surface area contributed by atoms with E-state index in [1.807, 2.05) is 0 Å². The van der Waals surface area contributed by atoms with Crippen molar-refractivity contribution in [3.8, 4) is 0 Å². The highest BCUT2D eigenvalue weighted by molar-refractivity contribution is 5.82. The van der Waals surface area contributed by atoms with Crippen LogP contribution < -0.4 is 10.6 Å². The zero-order chi connectivity index (χ0) is 18.6. The van der Waals surface area contributed by atoms with Crippen molar-refractivity contribution in [3.63, 3.8) is 0 Å². The number of amides is 2. The van der Waals surface area contributed by atoms with Crippen LogP contribution in [0, 0.1) is 5.92 Å². The molecule has 2 N–H and O–H groups in total. The fourth-order valence-corrected chi connectivity index (χ4v) is 5.25. The van der Waals surface area contributed by atoms with E-state index in [-0.39, 0.29) is 11.9 Å². The summed E-state index contributed by atoms with van der Waals surface area (Å²) in [5.41, 5.74) is 0. The third-order valence-electron chi connectivity index (χ3n) is 6.85. The van der Waals surface area contributed by atoms with Crippen LogP contribution in [0.5, 0.6) is 0 Å². The van der Waals surface area contributed by atoms with Gasteiger partial charge in [-0.3, -0.25) is 14.5 Å². The van der Waals surface area contributed by atoms with Crippen LogP contribution in [-0.2, 0) is 9.59 Å². The quantitative estimate of drug-likeness (QED) is 0.707. The fraction of sp³-hybridized carbons (Fsp3) is 0.905. The highest BCUT2D eigenvalue weighted by Crippen LogP contribution is 2.34. The molecule has 2 amide bonds. The van der Waals surface area contributed by atoms with E-state index >= 15 is 0 Å². The fourth-order valence-electron chi connectivity index (χ4n) is 5.25. The predicted octanol–water partition coefficient (Wildman–Crippen LogP) is 1.50. The topological polar surface area (TPSA) is 64.7 Å². The lowest BCUT2D eigenvalue weighted by molar-refractivity contribution is -0.136. The van der Waals surface area contributed by atoms with E-state index in [9.17, 15) is 9.59 Å². The number of likely N-dealkylation sites (tertiary alicyclic amines) is 1. The summed E-state index contributed by atoms with van der Waals surface area (Å²) >= 11 is 0. The first-order valence-electron chi connectivity index (χ1n) is 11.3. The summed E-state index contributed by atoms with van der Waals surface area (Å²) in [6, 6.07) is 1.04. The van der Waals surface area contributed by atoms with Gasteiger partial charge in [0, 0.05) is 25.2 Å². The summed E-state index contributed by atoms with van der Waals surface area (Å²) in [7, 11) is 0. The molecule has 4 fully saturated rings. The van der Waals surface area contributed by atoms with Crippen LogP contribution >= 0.6 is 0 Å². The van der Waals surface area contributed by atoms with Gasteiger partial charge in [0.2, 0.25) is 11.8 Å². The van der Waals surface area contributed by atoms with E-state index in [0.29, 0.717) is 30.5 Å². The average Bonchev–Trinajstić information content (AvgIpc) is 3.13. The van der Waals surface area contributed by atoms with Gasteiger partial charge in [-0.05, 0) is 70.4 Å². The Morgan fingerprint density at radius 1 is 0.963 bits per heavy atom. The second-order valence-electron chi connectivity index (χ2n) is 9.11. The summed E-state index contributed by atoms with van der Waals surface area (Å²) < 4.78 is 0. The summed E-state index contributed by atoms with van der Waals surface area (Å²) in [6.45, 7) is 4.23. The molecule has 0 radical (unpaired) electrons.